The molecule has 0 bridgehead atoms. The van der Waals surface area contributed by atoms with E-state index in [-0.39, 0.29) is 30.1 Å². The third kappa shape index (κ3) is 7.38. The molecule has 0 unspecified atom stereocenters. The molecule has 5 rings (SSSR count). The standard InChI is InChI=1S/C37H34N4O6S/c1-37(2)30(29(23-40)34(47-37)27(21-38)22-39)11-13-33-36-35(44-18-19-45-36)32(48-33)12-9-26-8-10-28(41(14-16-42)15-17-43)20-31(26)46-24-25-6-4-3-5-7-25/h3-13,20,42-43H,14-19,24H2,1-2H3/b12-9+,13-11+. The fraction of sp³-hybridized carbons (Fsp3) is 0.270. The number of anilines is 1. The van der Waals surface area contributed by atoms with E-state index in [0.29, 0.717) is 55.7 Å². The zero-order chi connectivity index (χ0) is 34.1. The first kappa shape index (κ1) is 33.8. The summed E-state index contributed by atoms with van der Waals surface area (Å²) in [5, 5.41) is 47.8. The van der Waals surface area contributed by atoms with Crippen molar-refractivity contribution in [3.63, 3.8) is 0 Å². The van der Waals surface area contributed by atoms with Gasteiger partial charge in [0.2, 0.25) is 0 Å². The smallest absolute Gasteiger partial charge is 0.180 e. The van der Waals surface area contributed by atoms with Crippen LogP contribution in [0.5, 0.6) is 17.2 Å². The van der Waals surface area contributed by atoms with Gasteiger partial charge in [0.15, 0.2) is 22.8 Å². The number of benzene rings is 2. The van der Waals surface area contributed by atoms with Gasteiger partial charge in [-0.25, -0.2) is 0 Å². The Hall–Kier alpha value is -5.51. The van der Waals surface area contributed by atoms with Crippen molar-refractivity contribution in [3.8, 4) is 35.5 Å². The Morgan fingerprint density at radius 1 is 0.917 bits per heavy atom. The molecule has 3 heterocycles. The van der Waals surface area contributed by atoms with Gasteiger partial charge in [0, 0.05) is 36.0 Å². The molecule has 0 fully saturated rings. The number of nitrogens with zero attached hydrogens (tertiary/aromatic N) is 4. The van der Waals surface area contributed by atoms with Crippen molar-refractivity contribution in [3.05, 3.63) is 98.0 Å². The van der Waals surface area contributed by atoms with Crippen LogP contribution in [-0.2, 0) is 11.3 Å². The summed E-state index contributed by atoms with van der Waals surface area (Å²) in [5.41, 5.74) is 2.12. The average Bonchev–Trinajstić information content (AvgIpc) is 3.58. The second-order valence-corrected chi connectivity index (χ2v) is 12.3. The highest BCUT2D eigenvalue weighted by Gasteiger charge is 2.38. The van der Waals surface area contributed by atoms with Crippen LogP contribution in [0.1, 0.15) is 34.7 Å². The number of allylic oxidation sites excluding steroid dienone is 2. The maximum absolute atomic E-state index is 9.92. The lowest BCUT2D eigenvalue weighted by molar-refractivity contribution is 0.0954. The Kier molecular flexibility index (Phi) is 10.8. The average molecular weight is 663 g/mol. The van der Waals surface area contributed by atoms with Gasteiger partial charge < -0.3 is 34.1 Å². The number of thiophene rings is 1. The van der Waals surface area contributed by atoms with Crippen LogP contribution in [0.3, 0.4) is 0 Å². The Balaban J connectivity index is 1.50. The Bertz CT molecular complexity index is 1880. The van der Waals surface area contributed by atoms with Crippen LogP contribution in [0, 0.1) is 34.0 Å². The second-order valence-electron chi connectivity index (χ2n) is 11.2. The molecular formula is C37H34N4O6S. The van der Waals surface area contributed by atoms with Crippen LogP contribution in [0.25, 0.3) is 18.2 Å². The van der Waals surface area contributed by atoms with E-state index >= 15 is 0 Å². The van der Waals surface area contributed by atoms with E-state index in [9.17, 15) is 26.0 Å². The quantitative estimate of drug-likeness (QED) is 0.221. The molecule has 2 aromatic carbocycles. The monoisotopic (exact) mass is 662 g/mol. The molecule has 2 aliphatic rings. The first-order valence-electron chi connectivity index (χ1n) is 15.3. The Labute approximate surface area is 283 Å². The predicted octanol–water partition coefficient (Wildman–Crippen LogP) is 6.00. The lowest BCUT2D eigenvalue weighted by atomic mass is 9.94. The van der Waals surface area contributed by atoms with Gasteiger partial charge in [0.25, 0.3) is 0 Å². The summed E-state index contributed by atoms with van der Waals surface area (Å²) in [6, 6.07) is 21.3. The van der Waals surface area contributed by atoms with Crippen LogP contribution in [-0.4, -0.2) is 55.3 Å². The lowest BCUT2D eigenvalue weighted by Gasteiger charge is -2.24. The van der Waals surface area contributed by atoms with E-state index in [1.165, 1.54) is 11.3 Å². The fourth-order valence-corrected chi connectivity index (χ4v) is 6.35. The van der Waals surface area contributed by atoms with Crippen LogP contribution >= 0.6 is 11.3 Å². The third-order valence-electron chi connectivity index (χ3n) is 7.67. The second kappa shape index (κ2) is 15.4. The van der Waals surface area contributed by atoms with E-state index in [4.69, 9.17) is 18.9 Å². The minimum absolute atomic E-state index is 0.0179. The third-order valence-corrected chi connectivity index (χ3v) is 8.75. The molecule has 0 saturated carbocycles. The lowest BCUT2D eigenvalue weighted by Crippen LogP contribution is -2.29. The highest BCUT2D eigenvalue weighted by molar-refractivity contribution is 7.14. The molecule has 1 aromatic heterocycles. The molecule has 10 nitrogen and oxygen atoms in total. The SMILES string of the molecule is CC1(C)OC(=C(C#N)C#N)C(C#N)=C1/C=C/c1sc(/C=C/c2ccc(N(CCO)CCO)cc2OCc2ccccc2)c2c1OCCO2. The number of nitriles is 3. The van der Waals surface area contributed by atoms with Crippen molar-refractivity contribution in [2.45, 2.75) is 26.1 Å². The molecule has 0 atom stereocenters. The highest BCUT2D eigenvalue weighted by Crippen LogP contribution is 2.47. The first-order chi connectivity index (χ1) is 23.3. The number of aliphatic hydroxyl groups is 2. The van der Waals surface area contributed by atoms with Gasteiger partial charge in [-0.05, 0) is 49.8 Å². The number of ether oxygens (including phenoxy) is 4. The largest absolute Gasteiger partial charge is 0.488 e. The summed E-state index contributed by atoms with van der Waals surface area (Å²) in [6.07, 6.45) is 7.47. The number of aliphatic hydroxyl groups excluding tert-OH is 2. The summed E-state index contributed by atoms with van der Waals surface area (Å²) >= 11 is 1.45. The van der Waals surface area contributed by atoms with Gasteiger partial charge >= 0.3 is 0 Å². The predicted molar refractivity (Wildman–Crippen MR) is 183 cm³/mol. The van der Waals surface area contributed by atoms with Crippen molar-refractivity contribution in [2.75, 3.05) is 44.4 Å². The maximum atomic E-state index is 9.92. The van der Waals surface area contributed by atoms with Gasteiger partial charge in [-0.3, -0.25) is 0 Å². The molecule has 0 spiro atoms. The topological polar surface area (TPSA) is 152 Å². The van der Waals surface area contributed by atoms with Gasteiger partial charge in [-0.2, -0.15) is 15.8 Å². The van der Waals surface area contributed by atoms with Crippen molar-refractivity contribution in [2.24, 2.45) is 0 Å². The van der Waals surface area contributed by atoms with E-state index < -0.39 is 5.60 Å². The van der Waals surface area contributed by atoms with Gasteiger partial charge in [-0.15, -0.1) is 11.3 Å². The highest BCUT2D eigenvalue weighted by atomic mass is 32.1. The van der Waals surface area contributed by atoms with Gasteiger partial charge in [0.1, 0.15) is 55.0 Å². The minimum Gasteiger partial charge on any atom is -0.488 e. The van der Waals surface area contributed by atoms with Crippen molar-refractivity contribution in [1.82, 2.24) is 0 Å². The zero-order valence-electron chi connectivity index (χ0n) is 26.6. The summed E-state index contributed by atoms with van der Waals surface area (Å²) in [6.45, 7) is 5.31. The molecule has 0 amide bonds. The number of hydrogen-bond acceptors (Lipinski definition) is 11. The summed E-state index contributed by atoms with van der Waals surface area (Å²) < 4.78 is 24.3. The van der Waals surface area contributed by atoms with Crippen molar-refractivity contribution >= 4 is 35.3 Å². The summed E-state index contributed by atoms with van der Waals surface area (Å²) in [7, 11) is 0. The molecule has 244 valence electrons. The van der Waals surface area contributed by atoms with Gasteiger partial charge in [0.05, 0.1) is 23.0 Å². The molecule has 2 aliphatic heterocycles. The number of rotatable bonds is 12. The number of hydrogen-bond donors (Lipinski definition) is 2. The molecule has 11 heteroatoms. The first-order valence-corrected chi connectivity index (χ1v) is 16.1. The Morgan fingerprint density at radius 2 is 1.56 bits per heavy atom. The molecule has 48 heavy (non-hydrogen) atoms. The van der Waals surface area contributed by atoms with Crippen LogP contribution in [0.4, 0.5) is 5.69 Å². The molecule has 3 aromatic rings. The zero-order valence-corrected chi connectivity index (χ0v) is 27.4. The van der Waals surface area contributed by atoms with Crippen LogP contribution < -0.4 is 19.1 Å². The van der Waals surface area contributed by atoms with E-state index in [0.717, 1.165) is 26.6 Å². The molecule has 0 saturated heterocycles. The normalized spacial score (nSPS) is 14.8. The summed E-state index contributed by atoms with van der Waals surface area (Å²) in [4.78, 5) is 3.48. The maximum Gasteiger partial charge on any atom is 0.180 e. The van der Waals surface area contributed by atoms with E-state index in [1.807, 2.05) is 83.8 Å². The summed E-state index contributed by atoms with van der Waals surface area (Å²) in [5.74, 6) is 1.81. The Morgan fingerprint density at radius 3 is 2.17 bits per heavy atom. The van der Waals surface area contributed by atoms with Crippen molar-refractivity contribution < 1.29 is 29.2 Å². The van der Waals surface area contributed by atoms with Crippen LogP contribution in [0.2, 0.25) is 0 Å². The van der Waals surface area contributed by atoms with E-state index in [1.54, 1.807) is 19.9 Å². The number of fused-ring (bicyclic) bond motifs is 1. The molecule has 0 aliphatic carbocycles. The minimum atomic E-state index is -0.945. The van der Waals surface area contributed by atoms with E-state index in [2.05, 4.69) is 6.07 Å². The molecule has 2 N–H and O–H groups in total. The molecule has 0 radical (unpaired) electrons. The van der Waals surface area contributed by atoms with Gasteiger partial charge in [-0.1, -0.05) is 36.4 Å². The van der Waals surface area contributed by atoms with Crippen molar-refractivity contribution in [1.29, 1.82) is 15.8 Å². The fourth-order valence-electron chi connectivity index (χ4n) is 5.35. The van der Waals surface area contributed by atoms with Crippen LogP contribution in [0.15, 0.2) is 77.1 Å². The molecular weight excluding hydrogens is 628 g/mol.